The van der Waals surface area contributed by atoms with E-state index in [0.717, 1.165) is 20.8 Å². The molecule has 0 radical (unpaired) electrons. The first-order valence-electron chi connectivity index (χ1n) is 7.66. The van der Waals surface area contributed by atoms with Gasteiger partial charge in [0.05, 0.1) is 16.6 Å². The minimum absolute atomic E-state index is 0.252. The van der Waals surface area contributed by atoms with Gasteiger partial charge in [-0.25, -0.2) is 9.37 Å². The second-order valence-electron chi connectivity index (χ2n) is 5.45. The van der Waals surface area contributed by atoms with Crippen LogP contribution in [0.25, 0.3) is 33.1 Å². The Morgan fingerprint density at radius 2 is 1.88 bits per heavy atom. The van der Waals surface area contributed by atoms with Crippen LogP contribution in [-0.4, -0.2) is 9.97 Å². The Morgan fingerprint density at radius 3 is 2.68 bits per heavy atom. The summed E-state index contributed by atoms with van der Waals surface area (Å²) < 4.78 is 13.9. The third-order valence-corrected chi connectivity index (χ3v) is 4.88. The van der Waals surface area contributed by atoms with Gasteiger partial charge in [-0.05, 0) is 36.4 Å². The molecule has 0 fully saturated rings. The number of aromatic amines is 1. The molecule has 0 saturated carbocycles. The summed E-state index contributed by atoms with van der Waals surface area (Å²) in [6.07, 6.45) is 1.77. The molecule has 0 aliphatic heterocycles. The number of benzene rings is 2. The summed E-state index contributed by atoms with van der Waals surface area (Å²) in [7, 11) is 0. The van der Waals surface area contributed by atoms with Crippen molar-refractivity contribution >= 4 is 34.0 Å². The first-order valence-corrected chi connectivity index (χ1v) is 8.48. The van der Waals surface area contributed by atoms with Gasteiger partial charge in [0, 0.05) is 15.3 Å². The molecule has 25 heavy (non-hydrogen) atoms. The van der Waals surface area contributed by atoms with E-state index in [1.165, 1.54) is 17.4 Å². The number of halogens is 1. The van der Waals surface area contributed by atoms with Gasteiger partial charge in [0.25, 0.3) is 0 Å². The third kappa shape index (κ3) is 2.95. The van der Waals surface area contributed by atoms with Crippen LogP contribution in [0.5, 0.6) is 0 Å². The predicted molar refractivity (Wildman–Crippen MR) is 99.3 cm³/mol. The molecule has 0 atom stereocenters. The molecule has 0 spiro atoms. The van der Waals surface area contributed by atoms with Crippen LogP contribution < -0.4 is 0 Å². The van der Waals surface area contributed by atoms with Crippen molar-refractivity contribution in [2.24, 2.45) is 0 Å². The Bertz CT molecular complexity index is 1100. The average Bonchev–Trinajstić information content (AvgIpc) is 3.26. The maximum absolute atomic E-state index is 13.9. The Balaban J connectivity index is 1.72. The number of thiophene rings is 1. The number of nitrogens with zero attached hydrogens (tertiary/aromatic N) is 2. The number of nitrogens with one attached hydrogen (secondary N) is 1. The van der Waals surface area contributed by atoms with E-state index in [1.807, 2.05) is 42.5 Å². The highest BCUT2D eigenvalue weighted by molar-refractivity contribution is 7.16. The van der Waals surface area contributed by atoms with Crippen LogP contribution in [0.2, 0.25) is 0 Å². The lowest BCUT2D eigenvalue weighted by atomic mass is 10.2. The number of aromatic nitrogens is 2. The number of H-pyrrole nitrogens is 1. The van der Waals surface area contributed by atoms with Crippen LogP contribution in [0.15, 0.2) is 60.7 Å². The van der Waals surface area contributed by atoms with Crippen LogP contribution in [0.1, 0.15) is 10.7 Å². The maximum Gasteiger partial charge on any atom is 0.149 e. The fourth-order valence-electron chi connectivity index (χ4n) is 2.61. The molecule has 3 nitrogen and oxygen atoms in total. The minimum Gasteiger partial charge on any atom is -0.337 e. The summed E-state index contributed by atoms with van der Waals surface area (Å²) in [5, 5.41) is 9.50. The quantitative estimate of drug-likeness (QED) is 0.499. The van der Waals surface area contributed by atoms with Crippen LogP contribution in [0.3, 0.4) is 0 Å². The second-order valence-corrected chi connectivity index (χ2v) is 6.57. The van der Waals surface area contributed by atoms with Gasteiger partial charge in [-0.3, -0.25) is 0 Å². The predicted octanol–water partition coefficient (Wildman–Crippen LogP) is 5.49. The molecule has 0 bridgehead atoms. The molecule has 2 aromatic heterocycles. The van der Waals surface area contributed by atoms with Gasteiger partial charge >= 0.3 is 0 Å². The number of allylic oxidation sites excluding steroid dienone is 1. The molecular weight excluding hydrogens is 333 g/mol. The SMILES string of the molecule is N#CC(=Cc1ccc(-c2ccccc2F)s1)c1nc2ccccc2[nH]1. The van der Waals surface area contributed by atoms with E-state index in [2.05, 4.69) is 16.0 Å². The van der Waals surface area contributed by atoms with Crippen LogP contribution in [0.4, 0.5) is 4.39 Å². The summed E-state index contributed by atoms with van der Waals surface area (Å²) in [6, 6.07) is 20.2. The second kappa shape index (κ2) is 6.34. The summed E-state index contributed by atoms with van der Waals surface area (Å²) in [4.78, 5) is 9.31. The van der Waals surface area contributed by atoms with Gasteiger partial charge in [-0.1, -0.05) is 30.3 Å². The van der Waals surface area contributed by atoms with E-state index >= 15 is 0 Å². The van der Waals surface area contributed by atoms with Gasteiger partial charge < -0.3 is 4.98 Å². The standard InChI is InChI=1S/C20H12FN3S/c21-16-6-2-1-5-15(16)19-10-9-14(25-19)11-13(12-22)20-23-17-7-3-4-8-18(17)24-20/h1-11H,(H,23,24). The lowest BCUT2D eigenvalue weighted by molar-refractivity contribution is 0.631. The summed E-state index contributed by atoms with van der Waals surface area (Å²) >= 11 is 1.44. The fraction of sp³-hybridized carbons (Fsp3) is 0. The average molecular weight is 345 g/mol. The number of hydrogen-bond acceptors (Lipinski definition) is 3. The normalized spacial score (nSPS) is 11.6. The van der Waals surface area contributed by atoms with Gasteiger partial charge in [0.2, 0.25) is 0 Å². The van der Waals surface area contributed by atoms with E-state index in [9.17, 15) is 9.65 Å². The molecule has 0 unspecified atom stereocenters. The van der Waals surface area contributed by atoms with Gasteiger partial charge in [-0.15, -0.1) is 11.3 Å². The topological polar surface area (TPSA) is 52.5 Å². The van der Waals surface area contributed by atoms with E-state index in [-0.39, 0.29) is 5.82 Å². The maximum atomic E-state index is 13.9. The molecule has 0 aliphatic rings. The van der Waals surface area contributed by atoms with Crippen LogP contribution in [0, 0.1) is 17.1 Å². The Labute approximate surface area is 147 Å². The number of nitriles is 1. The molecule has 0 aliphatic carbocycles. The lowest BCUT2D eigenvalue weighted by Crippen LogP contribution is -1.83. The number of hydrogen-bond donors (Lipinski definition) is 1. The first kappa shape index (κ1) is 15.3. The largest absolute Gasteiger partial charge is 0.337 e. The zero-order chi connectivity index (χ0) is 17.2. The lowest BCUT2D eigenvalue weighted by Gasteiger charge is -1.98. The van der Waals surface area contributed by atoms with Gasteiger partial charge in [0.1, 0.15) is 17.7 Å². The van der Waals surface area contributed by atoms with Crippen molar-refractivity contribution in [3.8, 4) is 16.5 Å². The number of para-hydroxylation sites is 2. The third-order valence-electron chi connectivity index (χ3n) is 3.82. The molecule has 4 rings (SSSR count). The summed E-state index contributed by atoms with van der Waals surface area (Å²) in [5.41, 5.74) is 2.71. The monoisotopic (exact) mass is 345 g/mol. The zero-order valence-electron chi connectivity index (χ0n) is 13.0. The Kier molecular flexibility index (Phi) is 3.88. The molecule has 1 N–H and O–H groups in total. The van der Waals surface area contributed by atoms with Crippen molar-refractivity contribution in [2.75, 3.05) is 0 Å². The molecule has 0 amide bonds. The van der Waals surface area contributed by atoms with Crippen LogP contribution in [-0.2, 0) is 0 Å². The van der Waals surface area contributed by atoms with Crippen molar-refractivity contribution in [2.45, 2.75) is 0 Å². The van der Waals surface area contributed by atoms with Crippen LogP contribution >= 0.6 is 11.3 Å². The highest BCUT2D eigenvalue weighted by atomic mass is 32.1. The molecule has 2 aromatic carbocycles. The van der Waals surface area contributed by atoms with Gasteiger partial charge in [-0.2, -0.15) is 5.26 Å². The molecular formula is C20H12FN3S. The molecule has 120 valence electrons. The number of fused-ring (bicyclic) bond motifs is 1. The highest BCUT2D eigenvalue weighted by Crippen LogP contribution is 2.32. The molecule has 0 saturated heterocycles. The van der Waals surface area contributed by atoms with Crippen molar-refractivity contribution in [3.63, 3.8) is 0 Å². The summed E-state index contributed by atoms with van der Waals surface area (Å²) in [6.45, 7) is 0. The molecule has 4 aromatic rings. The van der Waals surface area contributed by atoms with Crippen molar-refractivity contribution in [3.05, 3.63) is 77.2 Å². The van der Waals surface area contributed by atoms with Crippen molar-refractivity contribution < 1.29 is 4.39 Å². The fourth-order valence-corrected chi connectivity index (χ4v) is 3.59. The number of imidazole rings is 1. The van der Waals surface area contributed by atoms with Gasteiger partial charge in [0.15, 0.2) is 0 Å². The van der Waals surface area contributed by atoms with E-state index in [0.29, 0.717) is 17.0 Å². The number of rotatable bonds is 3. The van der Waals surface area contributed by atoms with Crippen molar-refractivity contribution in [1.29, 1.82) is 5.26 Å². The Hall–Kier alpha value is -3.23. The van der Waals surface area contributed by atoms with E-state index in [1.54, 1.807) is 18.2 Å². The zero-order valence-corrected chi connectivity index (χ0v) is 13.8. The molecule has 2 heterocycles. The smallest absolute Gasteiger partial charge is 0.149 e. The Morgan fingerprint density at radius 1 is 1.08 bits per heavy atom. The summed E-state index contributed by atoms with van der Waals surface area (Å²) in [5.74, 6) is 0.280. The molecule has 5 heteroatoms. The van der Waals surface area contributed by atoms with Crippen molar-refractivity contribution in [1.82, 2.24) is 9.97 Å². The van der Waals surface area contributed by atoms with E-state index in [4.69, 9.17) is 0 Å². The first-order chi connectivity index (χ1) is 12.2. The minimum atomic E-state index is -0.252. The van der Waals surface area contributed by atoms with E-state index < -0.39 is 0 Å². The highest BCUT2D eigenvalue weighted by Gasteiger charge is 2.10.